The standard InChI is InChI=1S/C19H16Cl2O3/c1-2-23-19(22)9-4-3-6-14-7-5-8-17(10-14)24-18-12-15(20)11-16(21)13-18/h3-13H,2H2,1H3/b6-3+,9-4+. The number of allylic oxidation sites excluding steroid dienone is 2. The number of ether oxygens (including phenoxy) is 2. The molecule has 0 atom stereocenters. The first-order valence-corrected chi connectivity index (χ1v) is 8.08. The van der Waals surface area contributed by atoms with Gasteiger partial charge in [0, 0.05) is 16.1 Å². The van der Waals surface area contributed by atoms with E-state index in [9.17, 15) is 4.79 Å². The van der Waals surface area contributed by atoms with Gasteiger partial charge in [-0.3, -0.25) is 0 Å². The van der Waals surface area contributed by atoms with E-state index in [-0.39, 0.29) is 5.97 Å². The van der Waals surface area contributed by atoms with Gasteiger partial charge in [0.2, 0.25) is 0 Å². The first-order valence-electron chi connectivity index (χ1n) is 7.32. The molecule has 0 heterocycles. The number of carbonyl (C=O) groups is 1. The molecular weight excluding hydrogens is 347 g/mol. The fourth-order valence-electron chi connectivity index (χ4n) is 1.90. The highest BCUT2D eigenvalue weighted by Crippen LogP contribution is 2.28. The molecule has 3 nitrogen and oxygen atoms in total. The van der Waals surface area contributed by atoms with Crippen molar-refractivity contribution < 1.29 is 14.3 Å². The van der Waals surface area contributed by atoms with Crippen LogP contribution in [-0.2, 0) is 9.53 Å². The summed E-state index contributed by atoms with van der Waals surface area (Å²) in [6.45, 7) is 2.12. The molecule has 0 bridgehead atoms. The molecular formula is C19H16Cl2O3. The van der Waals surface area contributed by atoms with Crippen molar-refractivity contribution in [2.24, 2.45) is 0 Å². The van der Waals surface area contributed by atoms with E-state index in [0.29, 0.717) is 28.2 Å². The van der Waals surface area contributed by atoms with Gasteiger partial charge in [-0.2, -0.15) is 0 Å². The second-order valence-corrected chi connectivity index (χ2v) is 5.62. The van der Waals surface area contributed by atoms with Crippen molar-refractivity contribution >= 4 is 35.2 Å². The number of benzene rings is 2. The molecule has 0 saturated heterocycles. The number of carbonyl (C=O) groups excluding carboxylic acids is 1. The van der Waals surface area contributed by atoms with Gasteiger partial charge in [-0.05, 0) is 42.8 Å². The van der Waals surface area contributed by atoms with Gasteiger partial charge < -0.3 is 9.47 Å². The SMILES string of the molecule is CCOC(=O)/C=C/C=C/c1cccc(Oc2cc(Cl)cc(Cl)c2)c1. The summed E-state index contributed by atoms with van der Waals surface area (Å²) >= 11 is 11.9. The summed E-state index contributed by atoms with van der Waals surface area (Å²) in [6.07, 6.45) is 6.61. The van der Waals surface area contributed by atoms with Crippen LogP contribution < -0.4 is 4.74 Å². The molecule has 2 aromatic carbocycles. The normalized spacial score (nSPS) is 11.1. The van der Waals surface area contributed by atoms with Crippen LogP contribution in [0.25, 0.3) is 6.08 Å². The summed E-state index contributed by atoms with van der Waals surface area (Å²) in [4.78, 5) is 11.2. The van der Waals surface area contributed by atoms with E-state index < -0.39 is 0 Å². The molecule has 124 valence electrons. The van der Waals surface area contributed by atoms with Crippen molar-refractivity contribution in [1.29, 1.82) is 0 Å². The quantitative estimate of drug-likeness (QED) is 0.363. The van der Waals surface area contributed by atoms with E-state index in [0.717, 1.165) is 5.56 Å². The number of halogens is 2. The third kappa shape index (κ3) is 6.11. The molecule has 0 aromatic heterocycles. The second kappa shape index (κ2) is 9.16. The molecule has 24 heavy (non-hydrogen) atoms. The number of esters is 1. The Morgan fingerprint density at radius 3 is 2.50 bits per heavy atom. The summed E-state index contributed by atoms with van der Waals surface area (Å²) < 4.78 is 10.6. The Hall–Kier alpha value is -2.23. The third-order valence-electron chi connectivity index (χ3n) is 2.85. The lowest BCUT2D eigenvalue weighted by Crippen LogP contribution is -1.98. The molecule has 0 unspecified atom stereocenters. The third-order valence-corrected chi connectivity index (χ3v) is 3.28. The smallest absolute Gasteiger partial charge is 0.330 e. The van der Waals surface area contributed by atoms with E-state index in [1.54, 1.807) is 37.3 Å². The van der Waals surface area contributed by atoms with Crippen molar-refractivity contribution in [2.75, 3.05) is 6.61 Å². The highest BCUT2D eigenvalue weighted by atomic mass is 35.5. The minimum absolute atomic E-state index is 0.361. The van der Waals surface area contributed by atoms with Gasteiger partial charge in [-0.1, -0.05) is 53.6 Å². The Kier molecular flexibility index (Phi) is 6.91. The molecule has 0 aliphatic rings. The molecule has 0 aliphatic carbocycles. The topological polar surface area (TPSA) is 35.5 Å². The minimum Gasteiger partial charge on any atom is -0.463 e. The average Bonchev–Trinajstić information content (AvgIpc) is 2.51. The van der Waals surface area contributed by atoms with Crippen LogP contribution in [0, 0.1) is 0 Å². The van der Waals surface area contributed by atoms with Gasteiger partial charge >= 0.3 is 5.97 Å². The molecule has 0 spiro atoms. The zero-order valence-corrected chi connectivity index (χ0v) is 14.6. The van der Waals surface area contributed by atoms with Crippen LogP contribution in [0.1, 0.15) is 12.5 Å². The minimum atomic E-state index is -0.364. The first-order chi connectivity index (χ1) is 11.6. The van der Waals surface area contributed by atoms with E-state index in [4.69, 9.17) is 32.7 Å². The Balaban J connectivity index is 2.04. The summed E-state index contributed by atoms with van der Waals surface area (Å²) in [5, 5.41) is 1.02. The molecule has 0 saturated carbocycles. The first kappa shape index (κ1) is 18.1. The second-order valence-electron chi connectivity index (χ2n) is 4.75. The van der Waals surface area contributed by atoms with Crippen LogP contribution in [0.3, 0.4) is 0 Å². The van der Waals surface area contributed by atoms with Gasteiger partial charge in [0.05, 0.1) is 6.61 Å². The summed E-state index contributed by atoms with van der Waals surface area (Å²) in [5.41, 5.74) is 0.925. The summed E-state index contributed by atoms with van der Waals surface area (Å²) in [6, 6.07) is 12.5. The van der Waals surface area contributed by atoms with Crippen molar-refractivity contribution in [3.8, 4) is 11.5 Å². The molecule has 0 aliphatic heterocycles. The highest BCUT2D eigenvalue weighted by Gasteiger charge is 2.01. The highest BCUT2D eigenvalue weighted by molar-refractivity contribution is 6.34. The lowest BCUT2D eigenvalue weighted by Gasteiger charge is -2.07. The monoisotopic (exact) mass is 362 g/mol. The van der Waals surface area contributed by atoms with Crippen LogP contribution in [0.4, 0.5) is 0 Å². The lowest BCUT2D eigenvalue weighted by molar-refractivity contribution is -0.137. The van der Waals surface area contributed by atoms with Crippen molar-refractivity contribution in [3.63, 3.8) is 0 Å². The molecule has 5 heteroatoms. The van der Waals surface area contributed by atoms with Gasteiger partial charge in [0.1, 0.15) is 11.5 Å². The van der Waals surface area contributed by atoms with Crippen molar-refractivity contribution in [1.82, 2.24) is 0 Å². The zero-order valence-electron chi connectivity index (χ0n) is 13.0. The maximum atomic E-state index is 11.2. The Labute approximate surface area is 151 Å². The summed E-state index contributed by atoms with van der Waals surface area (Å²) in [5.74, 6) is 0.859. The van der Waals surface area contributed by atoms with Crippen LogP contribution in [-0.4, -0.2) is 12.6 Å². The number of hydrogen-bond acceptors (Lipinski definition) is 3. The number of hydrogen-bond donors (Lipinski definition) is 0. The average molecular weight is 363 g/mol. The number of rotatable bonds is 6. The fourth-order valence-corrected chi connectivity index (χ4v) is 2.40. The van der Waals surface area contributed by atoms with E-state index in [1.165, 1.54) is 6.08 Å². The Morgan fingerprint density at radius 2 is 1.79 bits per heavy atom. The largest absolute Gasteiger partial charge is 0.463 e. The predicted molar refractivity (Wildman–Crippen MR) is 97.8 cm³/mol. The van der Waals surface area contributed by atoms with E-state index >= 15 is 0 Å². The van der Waals surface area contributed by atoms with Crippen LogP contribution in [0.5, 0.6) is 11.5 Å². The van der Waals surface area contributed by atoms with Gasteiger partial charge in [-0.15, -0.1) is 0 Å². The van der Waals surface area contributed by atoms with Gasteiger partial charge in [-0.25, -0.2) is 4.79 Å². The Morgan fingerprint density at radius 1 is 1.04 bits per heavy atom. The van der Waals surface area contributed by atoms with Crippen LogP contribution in [0.2, 0.25) is 10.0 Å². The van der Waals surface area contributed by atoms with E-state index in [1.807, 2.05) is 30.3 Å². The molecule has 0 N–H and O–H groups in total. The van der Waals surface area contributed by atoms with Gasteiger partial charge in [0.25, 0.3) is 0 Å². The van der Waals surface area contributed by atoms with Crippen LogP contribution in [0.15, 0.2) is 60.7 Å². The maximum absolute atomic E-state index is 11.2. The predicted octanol–water partition coefficient (Wildman–Crippen LogP) is 5.92. The maximum Gasteiger partial charge on any atom is 0.330 e. The van der Waals surface area contributed by atoms with Crippen molar-refractivity contribution in [3.05, 3.63) is 76.3 Å². The molecule has 0 fully saturated rings. The Bertz CT molecular complexity index is 747. The molecule has 0 radical (unpaired) electrons. The fraction of sp³-hybridized carbons (Fsp3) is 0.105. The molecule has 0 amide bonds. The van der Waals surface area contributed by atoms with Crippen LogP contribution >= 0.6 is 23.2 Å². The summed E-state index contributed by atoms with van der Waals surface area (Å²) in [7, 11) is 0. The van der Waals surface area contributed by atoms with Crippen molar-refractivity contribution in [2.45, 2.75) is 6.92 Å². The van der Waals surface area contributed by atoms with E-state index in [2.05, 4.69) is 0 Å². The van der Waals surface area contributed by atoms with Gasteiger partial charge in [0.15, 0.2) is 0 Å². The lowest BCUT2D eigenvalue weighted by atomic mass is 10.2. The molecule has 2 rings (SSSR count). The zero-order chi connectivity index (χ0) is 17.4. The molecule has 2 aromatic rings.